The Bertz CT molecular complexity index is 490. The van der Waals surface area contributed by atoms with Gasteiger partial charge in [0.15, 0.2) is 0 Å². The van der Waals surface area contributed by atoms with E-state index in [1.807, 2.05) is 6.07 Å². The zero-order valence-electron chi connectivity index (χ0n) is 12.3. The molecule has 20 heavy (non-hydrogen) atoms. The first-order chi connectivity index (χ1) is 9.60. The topological polar surface area (TPSA) is 35.8 Å². The SMILES string of the molecule is CC(C)C1CCCC(Nc2ccc(C#N)cc2F)CC1. The van der Waals surface area contributed by atoms with Crippen molar-refractivity contribution in [3.63, 3.8) is 0 Å². The van der Waals surface area contributed by atoms with Crippen molar-refractivity contribution < 1.29 is 4.39 Å². The molecule has 0 amide bonds. The molecule has 1 aromatic carbocycles. The lowest BCUT2D eigenvalue weighted by Crippen LogP contribution is -2.19. The Balaban J connectivity index is 1.98. The smallest absolute Gasteiger partial charge is 0.147 e. The maximum Gasteiger partial charge on any atom is 0.147 e. The average Bonchev–Trinajstić information content (AvgIpc) is 2.66. The highest BCUT2D eigenvalue weighted by molar-refractivity contribution is 5.49. The molecule has 1 N–H and O–H groups in total. The van der Waals surface area contributed by atoms with E-state index >= 15 is 0 Å². The molecular weight excluding hydrogens is 251 g/mol. The van der Waals surface area contributed by atoms with Crippen LogP contribution >= 0.6 is 0 Å². The first-order valence-corrected chi connectivity index (χ1v) is 7.56. The van der Waals surface area contributed by atoms with Gasteiger partial charge >= 0.3 is 0 Å². The average molecular weight is 274 g/mol. The molecule has 2 nitrogen and oxygen atoms in total. The van der Waals surface area contributed by atoms with Gasteiger partial charge < -0.3 is 5.32 Å². The Morgan fingerprint density at radius 2 is 2.05 bits per heavy atom. The summed E-state index contributed by atoms with van der Waals surface area (Å²) in [6.45, 7) is 4.58. The molecule has 1 fully saturated rings. The number of nitrogens with one attached hydrogen (secondary N) is 1. The van der Waals surface area contributed by atoms with Gasteiger partial charge in [0.1, 0.15) is 5.82 Å². The number of nitriles is 1. The minimum absolute atomic E-state index is 0.325. The van der Waals surface area contributed by atoms with E-state index in [1.54, 1.807) is 12.1 Å². The monoisotopic (exact) mass is 274 g/mol. The summed E-state index contributed by atoms with van der Waals surface area (Å²) in [6.07, 6.45) is 5.91. The summed E-state index contributed by atoms with van der Waals surface area (Å²) < 4.78 is 13.9. The van der Waals surface area contributed by atoms with Crippen LogP contribution in [0.3, 0.4) is 0 Å². The van der Waals surface area contributed by atoms with Crippen LogP contribution < -0.4 is 5.32 Å². The van der Waals surface area contributed by atoms with Gasteiger partial charge in [-0.05, 0) is 49.3 Å². The first kappa shape index (κ1) is 14.8. The van der Waals surface area contributed by atoms with E-state index in [0.717, 1.165) is 24.7 Å². The second-order valence-electron chi connectivity index (χ2n) is 6.16. The summed E-state index contributed by atoms with van der Waals surface area (Å²) in [6, 6.07) is 6.95. The van der Waals surface area contributed by atoms with E-state index in [9.17, 15) is 4.39 Å². The van der Waals surface area contributed by atoms with Crippen LogP contribution in [-0.2, 0) is 0 Å². The molecule has 2 atom stereocenters. The molecule has 0 spiro atoms. The van der Waals surface area contributed by atoms with Gasteiger partial charge in [0.25, 0.3) is 0 Å². The van der Waals surface area contributed by atoms with Crippen molar-refractivity contribution in [3.05, 3.63) is 29.6 Å². The second kappa shape index (κ2) is 6.74. The summed E-state index contributed by atoms with van der Waals surface area (Å²) in [5.74, 6) is 1.21. The second-order valence-corrected chi connectivity index (χ2v) is 6.16. The highest BCUT2D eigenvalue weighted by Gasteiger charge is 2.21. The van der Waals surface area contributed by atoms with Crippen LogP contribution in [0.25, 0.3) is 0 Å². The molecule has 0 saturated heterocycles. The summed E-state index contributed by atoms with van der Waals surface area (Å²) in [5, 5.41) is 12.1. The third-order valence-corrected chi connectivity index (χ3v) is 4.41. The molecule has 1 saturated carbocycles. The number of hydrogen-bond acceptors (Lipinski definition) is 2. The van der Waals surface area contributed by atoms with E-state index in [1.165, 1.54) is 25.3 Å². The standard InChI is InChI=1S/C17H23FN2/c1-12(2)14-4-3-5-15(8-7-14)20-17-9-6-13(11-19)10-16(17)18/h6,9-10,12,14-15,20H,3-5,7-8H2,1-2H3. The highest BCUT2D eigenvalue weighted by atomic mass is 19.1. The fourth-order valence-electron chi connectivity index (χ4n) is 3.06. The highest BCUT2D eigenvalue weighted by Crippen LogP contribution is 2.30. The summed E-state index contributed by atoms with van der Waals surface area (Å²) >= 11 is 0. The fourth-order valence-corrected chi connectivity index (χ4v) is 3.06. The quantitative estimate of drug-likeness (QED) is 0.810. The summed E-state index contributed by atoms with van der Waals surface area (Å²) in [7, 11) is 0. The Labute approximate surface area is 121 Å². The zero-order valence-corrected chi connectivity index (χ0v) is 12.3. The Kier molecular flexibility index (Phi) is 5.00. The molecular formula is C17H23FN2. The number of benzene rings is 1. The molecule has 1 aromatic rings. The summed E-state index contributed by atoms with van der Waals surface area (Å²) in [4.78, 5) is 0. The molecule has 3 heteroatoms. The third-order valence-electron chi connectivity index (χ3n) is 4.41. The molecule has 0 aliphatic heterocycles. The van der Waals surface area contributed by atoms with Crippen molar-refractivity contribution in [3.8, 4) is 6.07 Å². The van der Waals surface area contributed by atoms with E-state index in [-0.39, 0.29) is 5.82 Å². The number of rotatable bonds is 3. The Morgan fingerprint density at radius 1 is 1.25 bits per heavy atom. The van der Waals surface area contributed by atoms with E-state index in [4.69, 9.17) is 5.26 Å². The van der Waals surface area contributed by atoms with Crippen LogP contribution in [0.1, 0.15) is 51.5 Å². The maximum atomic E-state index is 13.9. The predicted octanol–water partition coefficient (Wildman–Crippen LogP) is 4.71. The number of nitrogens with zero attached hydrogens (tertiary/aromatic N) is 1. The molecule has 0 bridgehead atoms. The minimum atomic E-state index is -0.325. The van der Waals surface area contributed by atoms with Gasteiger partial charge in [0.2, 0.25) is 0 Å². The fraction of sp³-hybridized carbons (Fsp3) is 0.588. The minimum Gasteiger partial charge on any atom is -0.380 e. The number of anilines is 1. The van der Waals surface area contributed by atoms with Gasteiger partial charge in [-0.2, -0.15) is 5.26 Å². The maximum absolute atomic E-state index is 13.9. The lowest BCUT2D eigenvalue weighted by atomic mass is 9.89. The molecule has 0 aromatic heterocycles. The Morgan fingerprint density at radius 3 is 2.70 bits per heavy atom. The molecule has 2 unspecified atom stereocenters. The van der Waals surface area contributed by atoms with E-state index in [0.29, 0.717) is 17.3 Å². The van der Waals surface area contributed by atoms with Crippen LogP contribution in [0.2, 0.25) is 0 Å². The largest absolute Gasteiger partial charge is 0.380 e. The third kappa shape index (κ3) is 3.72. The number of halogens is 1. The van der Waals surface area contributed by atoms with Crippen molar-refractivity contribution in [2.75, 3.05) is 5.32 Å². The normalized spacial score (nSPS) is 23.1. The lowest BCUT2D eigenvalue weighted by Gasteiger charge is -2.20. The van der Waals surface area contributed by atoms with Gasteiger partial charge in [0, 0.05) is 6.04 Å². The first-order valence-electron chi connectivity index (χ1n) is 7.56. The van der Waals surface area contributed by atoms with Crippen LogP contribution in [0.5, 0.6) is 0 Å². The predicted molar refractivity (Wildman–Crippen MR) is 79.9 cm³/mol. The van der Waals surface area contributed by atoms with Crippen molar-refractivity contribution in [2.45, 2.75) is 52.0 Å². The Hall–Kier alpha value is -1.56. The van der Waals surface area contributed by atoms with Crippen LogP contribution in [0.15, 0.2) is 18.2 Å². The number of hydrogen-bond donors (Lipinski definition) is 1. The van der Waals surface area contributed by atoms with Gasteiger partial charge in [-0.3, -0.25) is 0 Å². The molecule has 0 heterocycles. The molecule has 1 aliphatic carbocycles. The van der Waals surface area contributed by atoms with Crippen LogP contribution in [0.4, 0.5) is 10.1 Å². The van der Waals surface area contributed by atoms with Crippen molar-refractivity contribution in [2.24, 2.45) is 11.8 Å². The molecule has 108 valence electrons. The molecule has 1 aliphatic rings. The van der Waals surface area contributed by atoms with E-state index in [2.05, 4.69) is 19.2 Å². The zero-order chi connectivity index (χ0) is 14.5. The van der Waals surface area contributed by atoms with Crippen LogP contribution in [-0.4, -0.2) is 6.04 Å². The molecule has 0 radical (unpaired) electrons. The van der Waals surface area contributed by atoms with Crippen molar-refractivity contribution in [1.82, 2.24) is 0 Å². The molecule has 2 rings (SSSR count). The summed E-state index contributed by atoms with van der Waals surface area (Å²) in [5.41, 5.74) is 0.894. The lowest BCUT2D eigenvalue weighted by molar-refractivity contribution is 0.341. The van der Waals surface area contributed by atoms with Gasteiger partial charge in [-0.1, -0.05) is 26.7 Å². The van der Waals surface area contributed by atoms with Crippen molar-refractivity contribution >= 4 is 5.69 Å². The van der Waals surface area contributed by atoms with Crippen molar-refractivity contribution in [1.29, 1.82) is 5.26 Å². The van der Waals surface area contributed by atoms with Crippen LogP contribution in [0, 0.1) is 29.0 Å². The van der Waals surface area contributed by atoms with Gasteiger partial charge in [-0.25, -0.2) is 4.39 Å². The van der Waals surface area contributed by atoms with Gasteiger partial charge in [0.05, 0.1) is 17.3 Å². The van der Waals surface area contributed by atoms with Gasteiger partial charge in [-0.15, -0.1) is 0 Å². The van der Waals surface area contributed by atoms with E-state index < -0.39 is 0 Å².